The van der Waals surface area contributed by atoms with Crippen LogP contribution in [0.1, 0.15) is 29.7 Å². The first-order valence-corrected chi connectivity index (χ1v) is 8.68. The third kappa shape index (κ3) is 2.71. The third-order valence-corrected chi connectivity index (χ3v) is 4.99. The van der Waals surface area contributed by atoms with Crippen molar-refractivity contribution in [3.63, 3.8) is 0 Å². The molecule has 0 unspecified atom stereocenters. The van der Waals surface area contributed by atoms with Gasteiger partial charge in [0.15, 0.2) is 0 Å². The van der Waals surface area contributed by atoms with Gasteiger partial charge in [0, 0.05) is 16.9 Å². The molecule has 0 radical (unpaired) electrons. The maximum Gasteiger partial charge on any atom is 0.244 e. The van der Waals surface area contributed by atoms with E-state index in [1.165, 1.54) is 29.4 Å². The zero-order chi connectivity index (χ0) is 16.5. The van der Waals surface area contributed by atoms with E-state index in [1.807, 2.05) is 18.2 Å². The number of benzene rings is 2. The van der Waals surface area contributed by atoms with Crippen LogP contribution in [0.3, 0.4) is 0 Å². The van der Waals surface area contributed by atoms with Crippen LogP contribution in [0.15, 0.2) is 48.5 Å². The number of carbonyl (C=O) groups excluding carboxylic acids is 1. The van der Waals surface area contributed by atoms with Crippen LogP contribution in [-0.2, 0) is 24.2 Å². The summed E-state index contributed by atoms with van der Waals surface area (Å²) in [6.07, 6.45) is 4.65. The maximum atomic E-state index is 12.6. The van der Waals surface area contributed by atoms with Crippen molar-refractivity contribution < 1.29 is 4.79 Å². The molecular formula is C21H22N2O. The largest absolute Gasteiger partial charge is 0.335 e. The standard InChI is InChI=1S/C21H22N2O/c1-15-13-17-8-3-5-12-20(17)23(15)14-21(24)22-19-11-6-9-16-7-2-4-10-18(16)19/h3,5-6,8-9,11-13H,2,4,7,10,14H2,1H3,(H,22,24). The predicted octanol–water partition coefficient (Wildman–Crippen LogP) is 4.47. The average molecular weight is 318 g/mol. The van der Waals surface area contributed by atoms with Crippen LogP contribution in [0.2, 0.25) is 0 Å². The molecule has 3 nitrogen and oxygen atoms in total. The Morgan fingerprint density at radius 1 is 1.08 bits per heavy atom. The fourth-order valence-electron chi connectivity index (χ4n) is 3.79. The van der Waals surface area contributed by atoms with Crippen molar-refractivity contribution in [2.45, 2.75) is 39.2 Å². The minimum atomic E-state index is 0.0402. The highest BCUT2D eigenvalue weighted by Crippen LogP contribution is 2.28. The van der Waals surface area contributed by atoms with Gasteiger partial charge in [0.2, 0.25) is 5.91 Å². The Bertz CT molecular complexity index is 907. The van der Waals surface area contributed by atoms with Gasteiger partial charge < -0.3 is 9.88 Å². The number of aromatic nitrogens is 1. The Labute approximate surface area is 142 Å². The molecule has 1 heterocycles. The number of amides is 1. The lowest BCUT2D eigenvalue weighted by atomic mass is 9.90. The SMILES string of the molecule is Cc1cc2ccccc2n1CC(=O)Nc1cccc2c1CCCC2. The molecule has 1 amide bonds. The van der Waals surface area contributed by atoms with Gasteiger partial charge in [0.25, 0.3) is 0 Å². The van der Waals surface area contributed by atoms with Crippen LogP contribution in [0.5, 0.6) is 0 Å². The Kier molecular flexibility index (Phi) is 3.85. The number of nitrogens with one attached hydrogen (secondary N) is 1. The molecule has 24 heavy (non-hydrogen) atoms. The Hall–Kier alpha value is -2.55. The smallest absolute Gasteiger partial charge is 0.244 e. The molecule has 1 aliphatic rings. The lowest BCUT2D eigenvalue weighted by Crippen LogP contribution is -2.21. The van der Waals surface area contributed by atoms with Gasteiger partial charge in [-0.05, 0) is 67.3 Å². The van der Waals surface area contributed by atoms with Crippen molar-refractivity contribution in [2.75, 3.05) is 5.32 Å². The fourth-order valence-corrected chi connectivity index (χ4v) is 3.79. The monoisotopic (exact) mass is 318 g/mol. The third-order valence-electron chi connectivity index (χ3n) is 4.99. The fraction of sp³-hybridized carbons (Fsp3) is 0.286. The van der Waals surface area contributed by atoms with E-state index in [9.17, 15) is 4.79 Å². The molecule has 1 aromatic heterocycles. The van der Waals surface area contributed by atoms with E-state index >= 15 is 0 Å². The number of aryl methyl sites for hydroxylation is 2. The van der Waals surface area contributed by atoms with Gasteiger partial charge in [0.05, 0.1) is 0 Å². The van der Waals surface area contributed by atoms with E-state index < -0.39 is 0 Å². The van der Waals surface area contributed by atoms with E-state index in [4.69, 9.17) is 0 Å². The minimum absolute atomic E-state index is 0.0402. The highest BCUT2D eigenvalue weighted by molar-refractivity contribution is 5.93. The first kappa shape index (κ1) is 15.0. The van der Waals surface area contributed by atoms with E-state index in [2.05, 4.69) is 47.1 Å². The second kappa shape index (κ2) is 6.16. The van der Waals surface area contributed by atoms with Crippen LogP contribution in [0, 0.1) is 6.92 Å². The molecule has 0 saturated carbocycles. The van der Waals surface area contributed by atoms with Gasteiger partial charge in [-0.3, -0.25) is 4.79 Å². The summed E-state index contributed by atoms with van der Waals surface area (Å²) < 4.78 is 2.08. The lowest BCUT2D eigenvalue weighted by molar-refractivity contribution is -0.116. The number of fused-ring (bicyclic) bond motifs is 2. The zero-order valence-electron chi connectivity index (χ0n) is 14.0. The Balaban J connectivity index is 1.58. The molecule has 0 saturated heterocycles. The molecule has 2 aromatic carbocycles. The van der Waals surface area contributed by atoms with E-state index in [1.54, 1.807) is 0 Å². The summed E-state index contributed by atoms with van der Waals surface area (Å²) in [6.45, 7) is 2.40. The first-order chi connectivity index (χ1) is 11.7. The van der Waals surface area contributed by atoms with Crippen LogP contribution in [0.4, 0.5) is 5.69 Å². The van der Waals surface area contributed by atoms with Gasteiger partial charge in [-0.2, -0.15) is 0 Å². The molecule has 3 heteroatoms. The number of carbonyl (C=O) groups is 1. The summed E-state index contributed by atoms with van der Waals surface area (Å²) in [5.41, 5.74) is 5.93. The van der Waals surface area contributed by atoms with Gasteiger partial charge in [-0.25, -0.2) is 0 Å². The van der Waals surface area contributed by atoms with Crippen molar-refractivity contribution in [3.05, 3.63) is 65.4 Å². The summed E-state index contributed by atoms with van der Waals surface area (Å²) in [6, 6.07) is 16.6. The van der Waals surface area contributed by atoms with Gasteiger partial charge in [-0.1, -0.05) is 30.3 Å². The average Bonchev–Trinajstić information content (AvgIpc) is 2.91. The molecule has 3 aromatic rings. The minimum Gasteiger partial charge on any atom is -0.335 e. The zero-order valence-corrected chi connectivity index (χ0v) is 14.0. The lowest BCUT2D eigenvalue weighted by Gasteiger charge is -2.20. The number of para-hydroxylation sites is 1. The van der Waals surface area contributed by atoms with E-state index in [0.29, 0.717) is 6.54 Å². The molecule has 0 fully saturated rings. The van der Waals surface area contributed by atoms with Crippen LogP contribution >= 0.6 is 0 Å². The number of anilines is 1. The van der Waals surface area contributed by atoms with Crippen molar-refractivity contribution in [2.24, 2.45) is 0 Å². The van der Waals surface area contributed by atoms with Crippen molar-refractivity contribution >= 4 is 22.5 Å². The number of rotatable bonds is 3. The second-order valence-electron chi connectivity index (χ2n) is 6.63. The Morgan fingerprint density at radius 3 is 2.83 bits per heavy atom. The quantitative estimate of drug-likeness (QED) is 0.759. The summed E-state index contributed by atoms with van der Waals surface area (Å²) in [4.78, 5) is 12.6. The van der Waals surface area contributed by atoms with E-state index in [0.717, 1.165) is 29.7 Å². The number of hydrogen-bond donors (Lipinski definition) is 1. The molecular weight excluding hydrogens is 296 g/mol. The predicted molar refractivity (Wildman–Crippen MR) is 98.4 cm³/mol. The first-order valence-electron chi connectivity index (χ1n) is 8.68. The molecule has 1 N–H and O–H groups in total. The van der Waals surface area contributed by atoms with Crippen molar-refractivity contribution in [1.82, 2.24) is 4.57 Å². The molecule has 0 spiro atoms. The van der Waals surface area contributed by atoms with E-state index in [-0.39, 0.29) is 5.91 Å². The summed E-state index contributed by atoms with van der Waals surface area (Å²) in [5, 5.41) is 4.32. The number of nitrogens with zero attached hydrogens (tertiary/aromatic N) is 1. The second-order valence-corrected chi connectivity index (χ2v) is 6.63. The highest BCUT2D eigenvalue weighted by Gasteiger charge is 2.15. The summed E-state index contributed by atoms with van der Waals surface area (Å²) in [5.74, 6) is 0.0402. The molecule has 1 aliphatic carbocycles. The molecule has 0 aliphatic heterocycles. The molecule has 4 rings (SSSR count). The topological polar surface area (TPSA) is 34.0 Å². The molecule has 0 atom stereocenters. The normalized spacial score (nSPS) is 13.7. The number of hydrogen-bond acceptors (Lipinski definition) is 1. The van der Waals surface area contributed by atoms with Crippen LogP contribution in [-0.4, -0.2) is 10.5 Å². The summed E-state index contributed by atoms with van der Waals surface area (Å²) >= 11 is 0. The van der Waals surface area contributed by atoms with Gasteiger partial charge in [0.1, 0.15) is 6.54 Å². The summed E-state index contributed by atoms with van der Waals surface area (Å²) in [7, 11) is 0. The maximum absolute atomic E-state index is 12.6. The molecule has 122 valence electrons. The molecule has 0 bridgehead atoms. The van der Waals surface area contributed by atoms with Crippen LogP contribution < -0.4 is 5.32 Å². The van der Waals surface area contributed by atoms with Gasteiger partial charge in [-0.15, -0.1) is 0 Å². The van der Waals surface area contributed by atoms with Crippen LogP contribution in [0.25, 0.3) is 10.9 Å². The highest BCUT2D eigenvalue weighted by atomic mass is 16.1. The van der Waals surface area contributed by atoms with Gasteiger partial charge >= 0.3 is 0 Å². The van der Waals surface area contributed by atoms with Crippen molar-refractivity contribution in [3.8, 4) is 0 Å². The van der Waals surface area contributed by atoms with Crippen molar-refractivity contribution in [1.29, 1.82) is 0 Å². The Morgan fingerprint density at radius 2 is 1.92 bits per heavy atom.